The Balaban J connectivity index is 2.02. The topological polar surface area (TPSA) is 51.5 Å². The molecule has 3 aromatic rings. The number of para-hydroxylation sites is 1. The molecule has 0 atom stereocenters. The van der Waals surface area contributed by atoms with Crippen molar-refractivity contribution in [3.63, 3.8) is 0 Å². The minimum Gasteiger partial charge on any atom is -0.492 e. The van der Waals surface area contributed by atoms with E-state index in [1.165, 1.54) is 3.97 Å². The number of hydrogen-bond acceptors (Lipinski definition) is 4. The second-order valence-corrected chi connectivity index (χ2v) is 9.00. The van der Waals surface area contributed by atoms with E-state index in [1.807, 2.05) is 55.4 Å². The van der Waals surface area contributed by atoms with Crippen molar-refractivity contribution in [3.8, 4) is 5.75 Å². The zero-order valence-electron chi connectivity index (χ0n) is 16.2. The van der Waals surface area contributed by atoms with Gasteiger partial charge < -0.3 is 9.64 Å². The van der Waals surface area contributed by atoms with Crippen molar-refractivity contribution >= 4 is 20.9 Å². The van der Waals surface area contributed by atoms with Crippen molar-refractivity contribution in [1.29, 1.82) is 0 Å². The number of ether oxygens (including phenoxy) is 1. The van der Waals surface area contributed by atoms with E-state index in [1.54, 1.807) is 18.3 Å². The summed E-state index contributed by atoms with van der Waals surface area (Å²) >= 11 is 0. The van der Waals surface area contributed by atoms with Crippen molar-refractivity contribution in [3.05, 3.63) is 60.3 Å². The van der Waals surface area contributed by atoms with Gasteiger partial charge in [0, 0.05) is 24.2 Å². The molecule has 2 aromatic carbocycles. The number of nitrogens with zero attached hydrogens (tertiary/aromatic N) is 2. The normalized spacial score (nSPS) is 12.2. The van der Waals surface area contributed by atoms with E-state index in [-0.39, 0.29) is 10.8 Å². The summed E-state index contributed by atoms with van der Waals surface area (Å²) < 4.78 is 33.7. The van der Waals surface area contributed by atoms with E-state index < -0.39 is 10.0 Å². The number of fused-ring (bicyclic) bond motifs is 1. The molecular weight excluding hydrogens is 360 g/mol. The third kappa shape index (κ3) is 4.01. The van der Waals surface area contributed by atoms with Crippen LogP contribution in [-0.4, -0.2) is 44.5 Å². The molecule has 0 amide bonds. The first kappa shape index (κ1) is 19.5. The first-order chi connectivity index (χ1) is 12.8. The molecule has 0 aliphatic rings. The van der Waals surface area contributed by atoms with Gasteiger partial charge >= 0.3 is 0 Å². The van der Waals surface area contributed by atoms with E-state index in [0.29, 0.717) is 17.9 Å². The van der Waals surface area contributed by atoms with Crippen molar-refractivity contribution in [2.24, 2.45) is 0 Å². The molecule has 144 valence electrons. The van der Waals surface area contributed by atoms with Gasteiger partial charge in [0.2, 0.25) is 0 Å². The SMILES string of the molecule is CC(C)c1ccc(S(=O)(=O)n2ccc3ccccc32)cc1OCCN(C)C. The zero-order chi connectivity index (χ0) is 19.6. The lowest BCUT2D eigenvalue weighted by Crippen LogP contribution is -2.20. The fourth-order valence-corrected chi connectivity index (χ4v) is 4.37. The Labute approximate surface area is 161 Å². The number of hydrogen-bond donors (Lipinski definition) is 0. The standard InChI is InChI=1S/C21H26N2O3S/c1-16(2)19-10-9-18(15-21(19)26-14-13-22(3)4)27(24,25)23-12-11-17-7-5-6-8-20(17)23/h5-12,15-16H,13-14H2,1-4H3. The summed E-state index contributed by atoms with van der Waals surface area (Å²) in [4.78, 5) is 2.26. The highest BCUT2D eigenvalue weighted by atomic mass is 32.2. The third-order valence-corrected chi connectivity index (χ3v) is 6.21. The average Bonchev–Trinajstić information content (AvgIpc) is 3.06. The molecule has 1 heterocycles. The van der Waals surface area contributed by atoms with Crippen molar-refractivity contribution in [2.75, 3.05) is 27.2 Å². The maximum absolute atomic E-state index is 13.2. The molecule has 0 fully saturated rings. The van der Waals surface area contributed by atoms with Crippen LogP contribution in [-0.2, 0) is 10.0 Å². The summed E-state index contributed by atoms with van der Waals surface area (Å²) in [6, 6.07) is 14.4. The van der Waals surface area contributed by atoms with Crippen LogP contribution in [0.3, 0.4) is 0 Å². The second-order valence-electron chi connectivity index (χ2n) is 7.18. The lowest BCUT2D eigenvalue weighted by molar-refractivity contribution is 0.258. The van der Waals surface area contributed by atoms with Gasteiger partial charge in [-0.2, -0.15) is 0 Å². The summed E-state index contributed by atoms with van der Waals surface area (Å²) in [5.41, 5.74) is 1.67. The van der Waals surface area contributed by atoms with E-state index in [0.717, 1.165) is 17.5 Å². The van der Waals surface area contributed by atoms with Crippen LogP contribution in [0.2, 0.25) is 0 Å². The Morgan fingerprint density at radius 3 is 2.52 bits per heavy atom. The highest BCUT2D eigenvalue weighted by Crippen LogP contribution is 2.31. The molecule has 0 aliphatic heterocycles. The Hall–Kier alpha value is -2.31. The molecule has 0 N–H and O–H groups in total. The maximum atomic E-state index is 13.2. The maximum Gasteiger partial charge on any atom is 0.268 e. The summed E-state index contributed by atoms with van der Waals surface area (Å²) in [6.07, 6.45) is 1.60. The van der Waals surface area contributed by atoms with Gasteiger partial charge in [-0.05, 0) is 43.8 Å². The summed E-state index contributed by atoms with van der Waals surface area (Å²) in [6.45, 7) is 5.41. The van der Waals surface area contributed by atoms with Gasteiger partial charge in [0.15, 0.2) is 0 Å². The number of aromatic nitrogens is 1. The van der Waals surface area contributed by atoms with E-state index in [4.69, 9.17) is 4.74 Å². The van der Waals surface area contributed by atoms with E-state index in [9.17, 15) is 8.42 Å². The highest BCUT2D eigenvalue weighted by Gasteiger charge is 2.21. The molecule has 0 spiro atoms. The Bertz CT molecular complexity index is 1040. The molecule has 0 saturated heterocycles. The Kier molecular flexibility index (Phi) is 5.58. The Morgan fingerprint density at radius 2 is 1.81 bits per heavy atom. The van der Waals surface area contributed by atoms with Gasteiger partial charge in [-0.3, -0.25) is 0 Å². The lowest BCUT2D eigenvalue weighted by Gasteiger charge is -2.17. The number of rotatable bonds is 7. The molecule has 0 saturated carbocycles. The summed E-state index contributed by atoms with van der Waals surface area (Å²) in [5, 5.41) is 0.891. The van der Waals surface area contributed by atoms with Gasteiger partial charge in [0.25, 0.3) is 10.0 Å². The van der Waals surface area contributed by atoms with Gasteiger partial charge in [0.05, 0.1) is 10.4 Å². The van der Waals surface area contributed by atoms with Crippen LogP contribution in [0.5, 0.6) is 5.75 Å². The average molecular weight is 387 g/mol. The highest BCUT2D eigenvalue weighted by molar-refractivity contribution is 7.90. The number of benzene rings is 2. The van der Waals surface area contributed by atoms with Crippen LogP contribution in [0.4, 0.5) is 0 Å². The van der Waals surface area contributed by atoms with Gasteiger partial charge in [0.1, 0.15) is 12.4 Å². The van der Waals surface area contributed by atoms with Crippen LogP contribution in [0.15, 0.2) is 59.6 Å². The molecular formula is C21H26N2O3S. The monoisotopic (exact) mass is 386 g/mol. The minimum atomic E-state index is -3.70. The minimum absolute atomic E-state index is 0.230. The fraction of sp³-hybridized carbons (Fsp3) is 0.333. The molecule has 0 unspecified atom stereocenters. The molecule has 3 rings (SSSR count). The van der Waals surface area contributed by atoms with Gasteiger partial charge in [-0.1, -0.05) is 38.1 Å². The number of likely N-dealkylation sites (N-methyl/N-ethyl adjacent to an activating group) is 1. The predicted molar refractivity (Wildman–Crippen MR) is 109 cm³/mol. The molecule has 0 aliphatic carbocycles. The second kappa shape index (κ2) is 7.74. The Morgan fingerprint density at radius 1 is 1.07 bits per heavy atom. The van der Waals surface area contributed by atoms with Crippen LogP contribution in [0.25, 0.3) is 10.9 Å². The molecule has 5 nitrogen and oxygen atoms in total. The first-order valence-corrected chi connectivity index (χ1v) is 10.5. The predicted octanol–water partition coefficient (Wildman–Crippen LogP) is 3.94. The fourth-order valence-electron chi connectivity index (χ4n) is 3.00. The smallest absolute Gasteiger partial charge is 0.268 e. The molecule has 0 bridgehead atoms. The van der Waals surface area contributed by atoms with Crippen LogP contribution in [0.1, 0.15) is 25.3 Å². The lowest BCUT2D eigenvalue weighted by atomic mass is 10.0. The van der Waals surface area contributed by atoms with E-state index >= 15 is 0 Å². The quantitative estimate of drug-likeness (QED) is 0.617. The van der Waals surface area contributed by atoms with Crippen molar-refractivity contribution in [1.82, 2.24) is 8.87 Å². The van der Waals surface area contributed by atoms with Crippen LogP contribution >= 0.6 is 0 Å². The summed E-state index contributed by atoms with van der Waals surface area (Å²) in [5.74, 6) is 0.868. The first-order valence-electron chi connectivity index (χ1n) is 9.04. The van der Waals surface area contributed by atoms with Crippen LogP contribution in [0, 0.1) is 0 Å². The molecule has 0 radical (unpaired) electrons. The largest absolute Gasteiger partial charge is 0.492 e. The zero-order valence-corrected chi connectivity index (χ0v) is 17.0. The van der Waals surface area contributed by atoms with Crippen molar-refractivity contribution in [2.45, 2.75) is 24.7 Å². The molecule has 1 aromatic heterocycles. The van der Waals surface area contributed by atoms with Crippen LogP contribution < -0.4 is 4.74 Å². The van der Waals surface area contributed by atoms with Crippen molar-refractivity contribution < 1.29 is 13.2 Å². The van der Waals surface area contributed by atoms with E-state index in [2.05, 4.69) is 13.8 Å². The summed E-state index contributed by atoms with van der Waals surface area (Å²) in [7, 11) is 0.252. The van der Waals surface area contributed by atoms with Gasteiger partial charge in [-0.15, -0.1) is 0 Å². The molecule has 6 heteroatoms. The van der Waals surface area contributed by atoms with Gasteiger partial charge in [-0.25, -0.2) is 12.4 Å². The molecule has 27 heavy (non-hydrogen) atoms. The third-order valence-electron chi connectivity index (χ3n) is 4.52.